The SMILES string of the molecule is N#Cc1c(C(F)(F)F)cc(-c2cccs2)nc1SCc1ccc(Cl)c(Cl)c1. The molecule has 0 unspecified atom stereocenters. The number of alkyl halides is 3. The van der Waals surface area contributed by atoms with Crippen molar-refractivity contribution in [1.29, 1.82) is 5.26 Å². The average Bonchev–Trinajstić information content (AvgIpc) is 3.15. The van der Waals surface area contributed by atoms with Crippen molar-refractivity contribution in [3.05, 3.63) is 68.5 Å². The van der Waals surface area contributed by atoms with Crippen LogP contribution in [-0.4, -0.2) is 4.98 Å². The molecule has 0 saturated carbocycles. The first-order valence-corrected chi connectivity index (χ1v) is 10.0. The van der Waals surface area contributed by atoms with Crippen molar-refractivity contribution in [2.24, 2.45) is 0 Å². The summed E-state index contributed by atoms with van der Waals surface area (Å²) in [6.07, 6.45) is -4.65. The van der Waals surface area contributed by atoms with Gasteiger partial charge in [-0.05, 0) is 35.2 Å². The number of benzene rings is 1. The van der Waals surface area contributed by atoms with Gasteiger partial charge < -0.3 is 0 Å². The van der Waals surface area contributed by atoms with Crippen LogP contribution in [0.2, 0.25) is 10.0 Å². The molecule has 3 aromatic rings. The Hall–Kier alpha value is -1.72. The van der Waals surface area contributed by atoms with Crippen LogP contribution in [0.25, 0.3) is 10.6 Å². The van der Waals surface area contributed by atoms with E-state index in [2.05, 4.69) is 4.98 Å². The highest BCUT2D eigenvalue weighted by molar-refractivity contribution is 7.98. The molecule has 3 rings (SSSR count). The predicted octanol–water partition coefficient (Wildman–Crippen LogP) is 7.30. The maximum Gasteiger partial charge on any atom is 0.417 e. The number of pyridine rings is 1. The monoisotopic (exact) mass is 444 g/mol. The van der Waals surface area contributed by atoms with Gasteiger partial charge in [0, 0.05) is 5.75 Å². The lowest BCUT2D eigenvalue weighted by Crippen LogP contribution is -2.10. The fourth-order valence-electron chi connectivity index (χ4n) is 2.29. The van der Waals surface area contributed by atoms with Gasteiger partial charge in [0.25, 0.3) is 0 Å². The zero-order valence-electron chi connectivity index (χ0n) is 13.3. The highest BCUT2D eigenvalue weighted by atomic mass is 35.5. The summed E-state index contributed by atoms with van der Waals surface area (Å²) in [5.41, 5.74) is -0.518. The van der Waals surface area contributed by atoms with Gasteiger partial charge in [0.2, 0.25) is 0 Å². The fourth-order valence-corrected chi connectivity index (χ4v) is 4.24. The maximum absolute atomic E-state index is 13.5. The molecule has 1 aromatic carbocycles. The van der Waals surface area contributed by atoms with Crippen LogP contribution in [0.1, 0.15) is 16.7 Å². The number of thiophene rings is 1. The van der Waals surface area contributed by atoms with Gasteiger partial charge in [-0.1, -0.05) is 35.3 Å². The molecule has 0 aliphatic carbocycles. The molecule has 0 radical (unpaired) electrons. The molecule has 138 valence electrons. The molecule has 0 fully saturated rings. The Bertz CT molecular complexity index is 1010. The molecule has 27 heavy (non-hydrogen) atoms. The van der Waals surface area contributed by atoms with E-state index in [1.165, 1.54) is 11.3 Å². The zero-order valence-corrected chi connectivity index (χ0v) is 16.5. The van der Waals surface area contributed by atoms with Crippen LogP contribution in [0.5, 0.6) is 0 Å². The standard InChI is InChI=1S/C18H9Cl2F3N2S2/c19-13-4-3-10(6-14(13)20)9-27-17-11(8-24)12(18(21,22)23)7-15(25-17)16-2-1-5-26-16/h1-7H,9H2. The number of rotatable bonds is 4. The van der Waals surface area contributed by atoms with Gasteiger partial charge in [-0.15, -0.1) is 23.1 Å². The van der Waals surface area contributed by atoms with Crippen molar-refractivity contribution in [2.45, 2.75) is 17.0 Å². The van der Waals surface area contributed by atoms with Crippen LogP contribution in [0.4, 0.5) is 13.2 Å². The molecule has 2 heterocycles. The minimum Gasteiger partial charge on any atom is -0.239 e. The van der Waals surface area contributed by atoms with Gasteiger partial charge in [0.15, 0.2) is 0 Å². The van der Waals surface area contributed by atoms with Crippen molar-refractivity contribution >= 4 is 46.3 Å². The Morgan fingerprint density at radius 2 is 1.93 bits per heavy atom. The highest BCUT2D eigenvalue weighted by Gasteiger charge is 2.36. The Morgan fingerprint density at radius 1 is 1.15 bits per heavy atom. The van der Waals surface area contributed by atoms with E-state index in [-0.39, 0.29) is 10.7 Å². The summed E-state index contributed by atoms with van der Waals surface area (Å²) in [5.74, 6) is 0.295. The normalized spacial score (nSPS) is 11.4. The Balaban J connectivity index is 2.03. The van der Waals surface area contributed by atoms with Gasteiger partial charge >= 0.3 is 6.18 Å². The van der Waals surface area contributed by atoms with Gasteiger partial charge in [0.05, 0.1) is 31.7 Å². The highest BCUT2D eigenvalue weighted by Crippen LogP contribution is 2.39. The van der Waals surface area contributed by atoms with Crippen LogP contribution in [-0.2, 0) is 11.9 Å². The Kier molecular flexibility index (Phi) is 6.02. The van der Waals surface area contributed by atoms with E-state index < -0.39 is 17.3 Å². The second kappa shape index (κ2) is 8.11. The van der Waals surface area contributed by atoms with Crippen LogP contribution in [0.3, 0.4) is 0 Å². The summed E-state index contributed by atoms with van der Waals surface area (Å²) < 4.78 is 40.4. The van der Waals surface area contributed by atoms with Crippen LogP contribution in [0, 0.1) is 11.3 Å². The first kappa shape index (κ1) is 20.0. The van der Waals surface area contributed by atoms with Crippen molar-refractivity contribution in [1.82, 2.24) is 4.98 Å². The second-order valence-corrected chi connectivity index (χ2v) is 8.09. The van der Waals surface area contributed by atoms with E-state index in [1.807, 2.05) is 0 Å². The molecule has 2 nitrogen and oxygen atoms in total. The van der Waals surface area contributed by atoms with E-state index in [9.17, 15) is 18.4 Å². The number of thioether (sulfide) groups is 1. The molecular weight excluding hydrogens is 436 g/mol. The van der Waals surface area contributed by atoms with Crippen molar-refractivity contribution in [2.75, 3.05) is 0 Å². The smallest absolute Gasteiger partial charge is 0.239 e. The molecule has 0 bridgehead atoms. The molecule has 0 aliphatic heterocycles. The van der Waals surface area contributed by atoms with Crippen molar-refractivity contribution in [3.63, 3.8) is 0 Å². The van der Waals surface area contributed by atoms with Crippen molar-refractivity contribution < 1.29 is 13.2 Å². The average molecular weight is 445 g/mol. The van der Waals surface area contributed by atoms with E-state index in [0.29, 0.717) is 20.7 Å². The first-order chi connectivity index (χ1) is 12.8. The molecular formula is C18H9Cl2F3N2S2. The topological polar surface area (TPSA) is 36.7 Å². The second-order valence-electron chi connectivity index (χ2n) is 5.36. The third-order valence-electron chi connectivity index (χ3n) is 3.54. The largest absolute Gasteiger partial charge is 0.417 e. The zero-order chi connectivity index (χ0) is 19.6. The molecule has 9 heteroatoms. The van der Waals surface area contributed by atoms with Crippen LogP contribution in [0.15, 0.2) is 46.8 Å². The third-order valence-corrected chi connectivity index (χ3v) is 6.21. The lowest BCUT2D eigenvalue weighted by atomic mass is 10.1. The molecule has 0 atom stereocenters. The molecule has 0 spiro atoms. The summed E-state index contributed by atoms with van der Waals surface area (Å²) in [7, 11) is 0. The summed E-state index contributed by atoms with van der Waals surface area (Å²) >= 11 is 14.2. The summed E-state index contributed by atoms with van der Waals surface area (Å²) in [4.78, 5) is 4.91. The van der Waals surface area contributed by atoms with E-state index in [0.717, 1.165) is 23.4 Å². The number of halogens is 5. The molecule has 0 N–H and O–H groups in total. The Morgan fingerprint density at radius 3 is 2.52 bits per heavy atom. The summed E-state index contributed by atoms with van der Waals surface area (Å²) in [6.45, 7) is 0. The van der Waals surface area contributed by atoms with Crippen LogP contribution >= 0.6 is 46.3 Å². The van der Waals surface area contributed by atoms with E-state index >= 15 is 0 Å². The first-order valence-electron chi connectivity index (χ1n) is 7.42. The van der Waals surface area contributed by atoms with Crippen LogP contribution < -0.4 is 0 Å². The predicted molar refractivity (Wildman–Crippen MR) is 103 cm³/mol. The molecule has 0 saturated heterocycles. The number of nitriles is 1. The van der Waals surface area contributed by atoms with E-state index in [1.54, 1.807) is 41.8 Å². The third kappa shape index (κ3) is 4.58. The van der Waals surface area contributed by atoms with Gasteiger partial charge in [-0.2, -0.15) is 18.4 Å². The quantitative estimate of drug-likeness (QED) is 0.396. The number of hydrogen-bond acceptors (Lipinski definition) is 4. The molecule has 0 amide bonds. The van der Waals surface area contributed by atoms with Gasteiger partial charge in [-0.25, -0.2) is 4.98 Å². The Labute approximate surface area is 171 Å². The molecule has 0 aliphatic rings. The minimum absolute atomic E-state index is 0.0294. The minimum atomic E-state index is -4.65. The summed E-state index contributed by atoms with van der Waals surface area (Å²) in [5, 5.41) is 11.8. The number of aromatic nitrogens is 1. The fraction of sp³-hybridized carbons (Fsp3) is 0.111. The maximum atomic E-state index is 13.5. The lowest BCUT2D eigenvalue weighted by molar-refractivity contribution is -0.138. The van der Waals surface area contributed by atoms with Gasteiger partial charge in [-0.3, -0.25) is 0 Å². The number of nitrogens with zero attached hydrogens (tertiary/aromatic N) is 2. The lowest BCUT2D eigenvalue weighted by Gasteiger charge is -2.13. The number of hydrogen-bond donors (Lipinski definition) is 0. The van der Waals surface area contributed by atoms with Gasteiger partial charge in [0.1, 0.15) is 11.1 Å². The molecule has 2 aromatic heterocycles. The van der Waals surface area contributed by atoms with E-state index in [4.69, 9.17) is 23.2 Å². The summed E-state index contributed by atoms with van der Waals surface area (Å²) in [6, 6.07) is 11.0. The van der Waals surface area contributed by atoms with Crippen molar-refractivity contribution in [3.8, 4) is 16.6 Å².